The Bertz CT molecular complexity index is 365. The summed E-state index contributed by atoms with van der Waals surface area (Å²) in [5.41, 5.74) is -0.372. The molecule has 0 heterocycles. The molecule has 0 aliphatic carbocycles. The molecular formula is C12H16O5. The fourth-order valence-electron chi connectivity index (χ4n) is 0.823. The second-order valence-corrected chi connectivity index (χ2v) is 4.28. The van der Waals surface area contributed by atoms with E-state index in [1.807, 2.05) is 26.7 Å². The maximum absolute atomic E-state index is 10.8. The van der Waals surface area contributed by atoms with E-state index in [0.717, 1.165) is 12.3 Å². The molecule has 1 N–H and O–H groups in total. The topological polar surface area (TPSA) is 72.8 Å². The molecule has 0 amide bonds. The first-order valence-corrected chi connectivity index (χ1v) is 4.91. The van der Waals surface area contributed by atoms with Crippen molar-refractivity contribution < 1.29 is 24.2 Å². The maximum atomic E-state index is 10.8. The number of ether oxygens (including phenoxy) is 2. The highest BCUT2D eigenvalue weighted by Gasteiger charge is 2.23. The zero-order valence-corrected chi connectivity index (χ0v) is 10.3. The molecule has 17 heavy (non-hydrogen) atoms. The molecule has 1 atom stereocenters. The zero-order valence-electron chi connectivity index (χ0n) is 10.3. The van der Waals surface area contributed by atoms with Crippen LogP contribution in [-0.4, -0.2) is 30.3 Å². The molecule has 0 aromatic carbocycles. The van der Waals surface area contributed by atoms with Crippen molar-refractivity contribution in [3.8, 4) is 11.8 Å². The van der Waals surface area contributed by atoms with Gasteiger partial charge in [0.25, 0.3) is 0 Å². The minimum Gasteiger partial charge on any atom is -0.485 e. The average Bonchev–Trinajstić information content (AvgIpc) is 2.20. The third kappa shape index (κ3) is 7.01. The molecule has 0 aliphatic heterocycles. The van der Waals surface area contributed by atoms with Crippen LogP contribution < -0.4 is 0 Å². The number of hydrogen-bond acceptors (Lipinski definition) is 4. The number of hydrogen-bond donors (Lipinski definition) is 1. The summed E-state index contributed by atoms with van der Waals surface area (Å²) < 4.78 is 9.59. The van der Waals surface area contributed by atoms with Crippen LogP contribution in [0.2, 0.25) is 0 Å². The summed E-state index contributed by atoms with van der Waals surface area (Å²) in [6, 6.07) is 0. The zero-order chi connectivity index (χ0) is 13.5. The second kappa shape index (κ2) is 6.59. The van der Waals surface area contributed by atoms with E-state index in [4.69, 9.17) is 9.84 Å². The number of carboxylic acids is 1. The van der Waals surface area contributed by atoms with E-state index in [-0.39, 0.29) is 5.41 Å². The van der Waals surface area contributed by atoms with Crippen molar-refractivity contribution in [2.24, 2.45) is 5.41 Å². The van der Waals surface area contributed by atoms with Crippen LogP contribution >= 0.6 is 0 Å². The molecule has 0 saturated carbocycles. The normalized spacial score (nSPS) is 12.5. The number of carbonyl (C=O) groups excluding carboxylic acids is 1. The summed E-state index contributed by atoms with van der Waals surface area (Å²) in [6.45, 7) is 5.54. The number of aliphatic carboxylic acids is 1. The van der Waals surface area contributed by atoms with E-state index in [1.54, 1.807) is 0 Å². The Kier molecular flexibility index (Phi) is 5.83. The summed E-state index contributed by atoms with van der Waals surface area (Å²) in [6.07, 6.45) is 1.62. The van der Waals surface area contributed by atoms with Gasteiger partial charge in [0.15, 0.2) is 6.10 Å². The first kappa shape index (κ1) is 15.0. The van der Waals surface area contributed by atoms with Gasteiger partial charge in [0.1, 0.15) is 0 Å². The van der Waals surface area contributed by atoms with Crippen LogP contribution in [-0.2, 0) is 19.1 Å². The minimum atomic E-state index is -1.22. The molecule has 0 aromatic rings. The van der Waals surface area contributed by atoms with E-state index in [9.17, 15) is 9.59 Å². The Morgan fingerprint density at radius 2 is 1.94 bits per heavy atom. The van der Waals surface area contributed by atoms with Gasteiger partial charge in [-0.05, 0) is 5.92 Å². The van der Waals surface area contributed by atoms with E-state index in [1.165, 1.54) is 7.11 Å². The Hall–Kier alpha value is -1.96. The number of carbonyl (C=O) groups is 2. The van der Waals surface area contributed by atoms with Crippen molar-refractivity contribution in [1.82, 2.24) is 0 Å². The fourth-order valence-corrected chi connectivity index (χ4v) is 0.823. The summed E-state index contributed by atoms with van der Waals surface area (Å²) >= 11 is 0. The van der Waals surface area contributed by atoms with Gasteiger partial charge in [-0.15, -0.1) is 0 Å². The standard InChI is InChI=1S/C12H16O5/c1-12(2,3)9(5-6-10(13)14)17-8-7-11(15)16-4/h7-9H,1-4H3,(H,13,14)/b8-7+. The molecule has 94 valence electrons. The van der Waals surface area contributed by atoms with Gasteiger partial charge in [-0.1, -0.05) is 20.8 Å². The molecule has 5 heteroatoms. The molecule has 0 bridgehead atoms. The highest BCUT2D eigenvalue weighted by atomic mass is 16.5. The van der Waals surface area contributed by atoms with Crippen molar-refractivity contribution >= 4 is 11.9 Å². The first-order chi connectivity index (χ1) is 7.77. The Balaban J connectivity index is 4.65. The van der Waals surface area contributed by atoms with Gasteiger partial charge in [0.2, 0.25) is 0 Å². The summed E-state index contributed by atoms with van der Waals surface area (Å²) in [5, 5.41) is 8.46. The van der Waals surface area contributed by atoms with Gasteiger partial charge in [-0.2, -0.15) is 0 Å². The van der Waals surface area contributed by atoms with Crippen molar-refractivity contribution in [3.05, 3.63) is 12.3 Å². The van der Waals surface area contributed by atoms with Gasteiger partial charge in [-0.25, -0.2) is 9.59 Å². The smallest absolute Gasteiger partial charge is 0.382 e. The lowest BCUT2D eigenvalue weighted by Crippen LogP contribution is -2.26. The van der Waals surface area contributed by atoms with Crippen LogP contribution in [0.3, 0.4) is 0 Å². The monoisotopic (exact) mass is 240 g/mol. The summed E-state index contributed by atoms with van der Waals surface area (Å²) in [7, 11) is 1.25. The SMILES string of the molecule is COC(=O)/C=C/OC(C#CC(=O)O)C(C)(C)C. The molecule has 0 radical (unpaired) electrons. The predicted molar refractivity (Wildman–Crippen MR) is 60.9 cm³/mol. The molecule has 5 nitrogen and oxygen atoms in total. The van der Waals surface area contributed by atoms with Crippen molar-refractivity contribution in [1.29, 1.82) is 0 Å². The molecule has 0 spiro atoms. The Morgan fingerprint density at radius 1 is 1.35 bits per heavy atom. The number of rotatable bonds is 3. The minimum absolute atomic E-state index is 0.372. The Labute approximate surface area is 100 Å². The van der Waals surface area contributed by atoms with Gasteiger partial charge < -0.3 is 14.6 Å². The van der Waals surface area contributed by atoms with Crippen LogP contribution in [0.5, 0.6) is 0 Å². The molecule has 0 aliphatic rings. The van der Waals surface area contributed by atoms with Gasteiger partial charge in [0, 0.05) is 11.3 Å². The maximum Gasteiger partial charge on any atom is 0.382 e. The summed E-state index contributed by atoms with van der Waals surface area (Å²) in [5.74, 6) is 2.70. The quantitative estimate of drug-likeness (QED) is 0.347. The lowest BCUT2D eigenvalue weighted by Gasteiger charge is -2.25. The third-order valence-corrected chi connectivity index (χ3v) is 1.72. The highest BCUT2D eigenvalue weighted by Crippen LogP contribution is 2.21. The average molecular weight is 240 g/mol. The van der Waals surface area contributed by atoms with Gasteiger partial charge >= 0.3 is 11.9 Å². The number of esters is 1. The van der Waals surface area contributed by atoms with Crippen LogP contribution in [0.1, 0.15) is 20.8 Å². The second-order valence-electron chi connectivity index (χ2n) is 4.28. The Morgan fingerprint density at radius 3 is 2.35 bits per heavy atom. The summed E-state index contributed by atoms with van der Waals surface area (Å²) in [4.78, 5) is 21.1. The van der Waals surface area contributed by atoms with E-state index >= 15 is 0 Å². The molecule has 0 saturated heterocycles. The first-order valence-electron chi connectivity index (χ1n) is 4.91. The van der Waals surface area contributed by atoms with Gasteiger partial charge in [-0.3, -0.25) is 0 Å². The molecule has 0 aromatic heterocycles. The van der Waals surface area contributed by atoms with Crippen molar-refractivity contribution in [3.63, 3.8) is 0 Å². The number of carboxylic acid groups (broad SMARTS) is 1. The molecule has 1 unspecified atom stereocenters. The number of methoxy groups -OCH3 is 1. The highest BCUT2D eigenvalue weighted by molar-refractivity contribution is 5.86. The lowest BCUT2D eigenvalue weighted by atomic mass is 9.89. The van der Waals surface area contributed by atoms with Crippen molar-refractivity contribution in [2.75, 3.05) is 7.11 Å². The molecular weight excluding hydrogens is 224 g/mol. The van der Waals surface area contributed by atoms with Crippen LogP contribution in [0.15, 0.2) is 12.3 Å². The predicted octanol–water partition coefficient (Wildman–Crippen LogP) is 1.19. The van der Waals surface area contributed by atoms with Crippen LogP contribution in [0.4, 0.5) is 0 Å². The van der Waals surface area contributed by atoms with Crippen molar-refractivity contribution in [2.45, 2.75) is 26.9 Å². The third-order valence-electron chi connectivity index (χ3n) is 1.72. The lowest BCUT2D eigenvalue weighted by molar-refractivity contribution is -0.135. The van der Waals surface area contributed by atoms with E-state index < -0.39 is 18.0 Å². The molecule has 0 fully saturated rings. The fraction of sp³-hybridized carbons (Fsp3) is 0.500. The molecule has 0 rings (SSSR count). The van der Waals surface area contributed by atoms with Crippen LogP contribution in [0.25, 0.3) is 0 Å². The van der Waals surface area contributed by atoms with Crippen LogP contribution in [0, 0.1) is 17.3 Å². The largest absolute Gasteiger partial charge is 0.485 e. The van der Waals surface area contributed by atoms with E-state index in [0.29, 0.717) is 0 Å². The van der Waals surface area contributed by atoms with E-state index in [2.05, 4.69) is 10.7 Å². The van der Waals surface area contributed by atoms with Gasteiger partial charge in [0.05, 0.1) is 19.4 Å².